The minimum Gasteiger partial charge on any atom is -0.497 e. The lowest BCUT2D eigenvalue weighted by Gasteiger charge is -2.39. The Balaban J connectivity index is 1.58. The number of carbonyl (C=O) groups is 2. The summed E-state index contributed by atoms with van der Waals surface area (Å²) in [6.45, 7) is 5.88. The number of ether oxygens (including phenoxy) is 2. The molecule has 2 heterocycles. The molecule has 3 aromatic rings. The molecule has 1 aliphatic heterocycles. The summed E-state index contributed by atoms with van der Waals surface area (Å²) in [5, 5.41) is 3.69. The average molecular weight is 500 g/mol. The molecule has 0 fully saturated rings. The van der Waals surface area contributed by atoms with Crippen molar-refractivity contribution in [2.24, 2.45) is 5.41 Å². The molecule has 0 bridgehead atoms. The zero-order valence-electron chi connectivity index (χ0n) is 21.3. The van der Waals surface area contributed by atoms with Gasteiger partial charge in [-0.1, -0.05) is 38.1 Å². The lowest BCUT2D eigenvalue weighted by Crippen LogP contribution is -2.39. The largest absolute Gasteiger partial charge is 0.497 e. The maximum absolute atomic E-state index is 13.6. The van der Waals surface area contributed by atoms with Crippen LogP contribution in [0.5, 0.6) is 5.75 Å². The number of esters is 1. The summed E-state index contributed by atoms with van der Waals surface area (Å²) in [5.41, 5.74) is 2.93. The van der Waals surface area contributed by atoms with Crippen molar-refractivity contribution in [3.05, 3.63) is 98.7 Å². The number of benzene rings is 2. The molecule has 7 nitrogen and oxygen atoms in total. The lowest BCUT2D eigenvalue weighted by atomic mass is 9.68. The monoisotopic (exact) mass is 499 g/mol. The van der Waals surface area contributed by atoms with E-state index in [-0.39, 0.29) is 34.4 Å². The van der Waals surface area contributed by atoms with Crippen LogP contribution in [-0.4, -0.2) is 18.9 Å². The van der Waals surface area contributed by atoms with E-state index in [1.54, 1.807) is 50.4 Å². The number of nitrogens with one attached hydrogen (secondary N) is 1. The Morgan fingerprint density at radius 2 is 1.81 bits per heavy atom. The average Bonchev–Trinajstić information content (AvgIpc) is 2.86. The molecule has 7 heteroatoms. The molecule has 0 saturated heterocycles. The first-order chi connectivity index (χ1) is 17.7. The van der Waals surface area contributed by atoms with E-state index >= 15 is 0 Å². The highest BCUT2D eigenvalue weighted by atomic mass is 16.5. The predicted molar refractivity (Wildman–Crippen MR) is 139 cm³/mol. The van der Waals surface area contributed by atoms with E-state index in [1.807, 2.05) is 26.0 Å². The van der Waals surface area contributed by atoms with Crippen molar-refractivity contribution in [1.82, 2.24) is 5.32 Å². The molecule has 2 aliphatic rings. The Hall–Kier alpha value is -4.13. The molecule has 1 aliphatic carbocycles. The van der Waals surface area contributed by atoms with Gasteiger partial charge in [-0.15, -0.1) is 0 Å². The van der Waals surface area contributed by atoms with E-state index in [9.17, 15) is 14.4 Å². The molecule has 1 atom stereocenters. The van der Waals surface area contributed by atoms with Crippen LogP contribution < -0.4 is 15.5 Å². The van der Waals surface area contributed by atoms with Crippen LogP contribution in [0.1, 0.15) is 50.7 Å². The Morgan fingerprint density at radius 1 is 1.08 bits per heavy atom. The quantitative estimate of drug-likeness (QED) is 0.485. The van der Waals surface area contributed by atoms with Crippen LogP contribution in [0.4, 0.5) is 0 Å². The number of allylic oxidation sites excluding steroid dienone is 3. The second-order valence-electron chi connectivity index (χ2n) is 10.4. The van der Waals surface area contributed by atoms with Crippen LogP contribution in [0, 0.1) is 5.41 Å². The van der Waals surface area contributed by atoms with Crippen molar-refractivity contribution >= 4 is 22.7 Å². The van der Waals surface area contributed by atoms with Crippen molar-refractivity contribution in [2.45, 2.75) is 46.1 Å². The molecule has 1 aromatic heterocycles. The number of hydrogen-bond donors (Lipinski definition) is 1. The summed E-state index contributed by atoms with van der Waals surface area (Å²) in [6, 6.07) is 14.2. The number of para-hydroxylation sites is 1. The molecule has 1 N–H and O–H groups in total. The van der Waals surface area contributed by atoms with Crippen LogP contribution in [0.3, 0.4) is 0 Å². The summed E-state index contributed by atoms with van der Waals surface area (Å²) >= 11 is 0. The van der Waals surface area contributed by atoms with E-state index in [2.05, 4.69) is 5.32 Å². The fraction of sp³-hybridized carbons (Fsp3) is 0.300. The zero-order chi connectivity index (χ0) is 26.3. The normalized spacial score (nSPS) is 18.9. The number of methoxy groups -OCH3 is 1. The van der Waals surface area contributed by atoms with Gasteiger partial charge >= 0.3 is 5.97 Å². The van der Waals surface area contributed by atoms with Crippen LogP contribution in [-0.2, 0) is 20.9 Å². The fourth-order valence-corrected chi connectivity index (χ4v) is 5.26. The third kappa shape index (κ3) is 4.57. The Bertz CT molecular complexity index is 1520. The van der Waals surface area contributed by atoms with Gasteiger partial charge in [0, 0.05) is 29.0 Å². The number of rotatable bonds is 5. The number of Topliss-reactive ketones (excluding diaryl/α,β-unsaturated/α-hetero) is 1. The molecule has 0 radical (unpaired) electrons. The molecular weight excluding hydrogens is 470 g/mol. The second-order valence-corrected chi connectivity index (χ2v) is 10.4. The number of ketones is 1. The predicted octanol–water partition coefficient (Wildman–Crippen LogP) is 5.15. The highest BCUT2D eigenvalue weighted by Gasteiger charge is 2.44. The molecule has 5 rings (SSSR count). The Morgan fingerprint density at radius 3 is 2.54 bits per heavy atom. The molecule has 0 saturated carbocycles. The summed E-state index contributed by atoms with van der Waals surface area (Å²) in [5.74, 6) is -0.873. The highest BCUT2D eigenvalue weighted by molar-refractivity contribution is 6.04. The van der Waals surface area contributed by atoms with Crippen molar-refractivity contribution in [3.8, 4) is 5.75 Å². The molecule has 1 unspecified atom stereocenters. The minimum absolute atomic E-state index is 0.0333. The van der Waals surface area contributed by atoms with Crippen LogP contribution >= 0.6 is 0 Å². The first-order valence-corrected chi connectivity index (χ1v) is 12.2. The van der Waals surface area contributed by atoms with Crippen molar-refractivity contribution in [3.63, 3.8) is 0 Å². The molecule has 0 amide bonds. The van der Waals surface area contributed by atoms with E-state index in [0.29, 0.717) is 40.8 Å². The number of dihydropyridines is 1. The Labute approximate surface area is 214 Å². The van der Waals surface area contributed by atoms with Gasteiger partial charge in [-0.25, -0.2) is 4.79 Å². The number of fused-ring (bicyclic) bond motifs is 1. The van der Waals surface area contributed by atoms with Crippen molar-refractivity contribution in [2.75, 3.05) is 7.11 Å². The summed E-state index contributed by atoms with van der Waals surface area (Å²) in [7, 11) is 1.58. The lowest BCUT2D eigenvalue weighted by molar-refractivity contribution is -0.140. The van der Waals surface area contributed by atoms with E-state index in [0.717, 1.165) is 11.3 Å². The van der Waals surface area contributed by atoms with Gasteiger partial charge < -0.3 is 19.2 Å². The van der Waals surface area contributed by atoms with Crippen molar-refractivity contribution < 1.29 is 23.5 Å². The maximum atomic E-state index is 13.6. The van der Waals surface area contributed by atoms with Gasteiger partial charge in [0.15, 0.2) is 11.2 Å². The summed E-state index contributed by atoms with van der Waals surface area (Å²) in [6.07, 6.45) is 2.31. The van der Waals surface area contributed by atoms with Gasteiger partial charge in [0.1, 0.15) is 17.9 Å². The third-order valence-electron chi connectivity index (χ3n) is 7.01. The van der Waals surface area contributed by atoms with Crippen LogP contribution in [0.2, 0.25) is 0 Å². The van der Waals surface area contributed by atoms with Gasteiger partial charge in [0.25, 0.3) is 0 Å². The molecule has 2 aromatic carbocycles. The maximum Gasteiger partial charge on any atom is 0.337 e. The molecule has 0 spiro atoms. The number of carbonyl (C=O) groups excluding carboxylic acids is 2. The SMILES string of the molecule is COc1ccc(COC(=O)C2=C(C)NC3=C(C(=O)CC(C)(C)C3)C2c2coc3ccccc3c2=O)cc1. The van der Waals surface area contributed by atoms with E-state index in [1.165, 1.54) is 6.26 Å². The van der Waals surface area contributed by atoms with Gasteiger partial charge in [-0.05, 0) is 48.6 Å². The Kier molecular flexibility index (Phi) is 6.23. The third-order valence-corrected chi connectivity index (χ3v) is 7.01. The van der Waals surface area contributed by atoms with Crippen LogP contribution in [0.25, 0.3) is 11.0 Å². The molecule has 37 heavy (non-hydrogen) atoms. The molecule has 190 valence electrons. The standard InChI is InChI=1S/C30H29NO6/c1-17-25(29(34)37-15-18-9-11-19(35-4)12-10-18)26(27-22(31-17)13-30(2,3)14-23(27)32)21-16-36-24-8-6-5-7-20(24)28(21)33/h5-12,16,26,31H,13-15H2,1-4H3. The first kappa shape index (κ1) is 24.6. The first-order valence-electron chi connectivity index (χ1n) is 12.2. The zero-order valence-corrected chi connectivity index (χ0v) is 21.3. The fourth-order valence-electron chi connectivity index (χ4n) is 5.26. The molecular formula is C30H29NO6. The van der Waals surface area contributed by atoms with Crippen molar-refractivity contribution in [1.29, 1.82) is 0 Å². The van der Waals surface area contributed by atoms with E-state index in [4.69, 9.17) is 13.9 Å². The second kappa shape index (κ2) is 9.39. The summed E-state index contributed by atoms with van der Waals surface area (Å²) in [4.78, 5) is 40.7. The van der Waals surface area contributed by atoms with Gasteiger partial charge in [-0.3, -0.25) is 9.59 Å². The van der Waals surface area contributed by atoms with Gasteiger partial charge in [0.05, 0.1) is 30.3 Å². The highest BCUT2D eigenvalue weighted by Crippen LogP contribution is 2.46. The topological polar surface area (TPSA) is 94.8 Å². The smallest absolute Gasteiger partial charge is 0.337 e. The number of hydrogen-bond acceptors (Lipinski definition) is 7. The van der Waals surface area contributed by atoms with Gasteiger partial charge in [-0.2, -0.15) is 0 Å². The van der Waals surface area contributed by atoms with Crippen LogP contribution in [0.15, 0.2) is 86.5 Å². The minimum atomic E-state index is -0.885. The summed E-state index contributed by atoms with van der Waals surface area (Å²) < 4.78 is 16.7. The van der Waals surface area contributed by atoms with Gasteiger partial charge in [0.2, 0.25) is 0 Å². The van der Waals surface area contributed by atoms with E-state index < -0.39 is 11.9 Å².